The van der Waals surface area contributed by atoms with E-state index in [0.717, 1.165) is 11.1 Å². The van der Waals surface area contributed by atoms with Crippen molar-refractivity contribution in [2.24, 2.45) is 5.41 Å². The highest BCUT2D eigenvalue weighted by Gasteiger charge is 2.57. The number of carbonyl (C=O) groups excluding carboxylic acids is 1. The molecule has 13 heteroatoms. The van der Waals surface area contributed by atoms with Crippen LogP contribution >= 0.6 is 11.3 Å². The number of anilines is 3. The number of ether oxygens (including phenoxy) is 1. The van der Waals surface area contributed by atoms with E-state index in [4.69, 9.17) is 9.72 Å². The minimum Gasteiger partial charge on any atom is -0.378 e. The molecule has 1 aromatic carbocycles. The Hall–Kier alpha value is -4.12. The summed E-state index contributed by atoms with van der Waals surface area (Å²) in [5, 5.41) is 26.3. The number of amides is 1. The fourth-order valence-corrected chi connectivity index (χ4v) is 7.24. The smallest absolute Gasteiger partial charge is 0.257 e. The summed E-state index contributed by atoms with van der Waals surface area (Å²) >= 11 is 1.29. The highest BCUT2D eigenvalue weighted by molar-refractivity contribution is 7.16. The summed E-state index contributed by atoms with van der Waals surface area (Å²) in [4.78, 5) is 27.9. The first kappa shape index (κ1) is 27.7. The number of likely N-dealkylation sites (tertiary alicyclic amines) is 1. The SMILES string of the molecule is CCn1nc2nc(F)c(N3CC4(CN(C(=O)[C@@]5(O)CCOC5)C4)C3)cc2c1N(C)c1nc(-c2ccc(C)cc2)c(C#N)s1. The molecule has 1 spiro atoms. The van der Waals surface area contributed by atoms with Gasteiger partial charge in [0, 0.05) is 57.2 Å². The zero-order valence-corrected chi connectivity index (χ0v) is 25.0. The number of thiazole rings is 1. The number of carbonyl (C=O) groups is 1. The Balaban J connectivity index is 1.15. The van der Waals surface area contributed by atoms with Gasteiger partial charge in [-0.15, -0.1) is 0 Å². The molecule has 3 fully saturated rings. The number of aromatic nitrogens is 4. The molecule has 0 radical (unpaired) electrons. The van der Waals surface area contributed by atoms with E-state index in [1.54, 1.807) is 15.6 Å². The third-order valence-electron chi connectivity index (χ3n) is 8.72. The molecule has 222 valence electrons. The molecule has 6 heterocycles. The van der Waals surface area contributed by atoms with Crippen molar-refractivity contribution in [2.75, 3.05) is 56.2 Å². The molecular formula is C30H31FN8O3S. The van der Waals surface area contributed by atoms with Gasteiger partial charge in [-0.1, -0.05) is 41.2 Å². The lowest BCUT2D eigenvalue weighted by atomic mass is 9.72. The second-order valence-corrected chi connectivity index (χ2v) is 12.8. The van der Waals surface area contributed by atoms with E-state index in [1.807, 2.05) is 55.0 Å². The minimum absolute atomic E-state index is 0.0344. The van der Waals surface area contributed by atoms with E-state index in [1.165, 1.54) is 11.3 Å². The number of aliphatic hydroxyl groups is 1. The van der Waals surface area contributed by atoms with E-state index < -0.39 is 11.5 Å². The third-order valence-corrected chi connectivity index (χ3v) is 9.75. The standard InChI is InChI=1S/C30H31FN8O3S/c1-4-39-26(36(3)28-33-23(22(12-32)43-28)19-7-5-18(2)6-8-19)20-11-21(24(31)34-25(20)35-39)37-13-29(14-37)15-38(16-29)27(40)30(41)9-10-42-17-30/h5-8,11,41H,4,9-10,13-17H2,1-3H3/t30-/m1/s1. The Bertz CT molecular complexity index is 1780. The molecule has 4 aromatic rings. The Labute approximate surface area is 251 Å². The number of rotatable bonds is 6. The lowest BCUT2D eigenvalue weighted by molar-refractivity contribution is -0.165. The second kappa shape index (κ2) is 9.97. The van der Waals surface area contributed by atoms with Crippen molar-refractivity contribution < 1.29 is 19.0 Å². The maximum absolute atomic E-state index is 15.3. The van der Waals surface area contributed by atoms with Crippen LogP contribution in [-0.4, -0.2) is 87.7 Å². The zero-order valence-electron chi connectivity index (χ0n) is 24.2. The molecule has 3 saturated heterocycles. The average Bonchev–Trinajstić information content (AvgIpc) is 3.68. The van der Waals surface area contributed by atoms with Gasteiger partial charge in [0.1, 0.15) is 22.5 Å². The molecule has 1 N–H and O–H groups in total. The van der Waals surface area contributed by atoms with Gasteiger partial charge in [0.25, 0.3) is 5.91 Å². The van der Waals surface area contributed by atoms with E-state index >= 15 is 4.39 Å². The van der Waals surface area contributed by atoms with Crippen molar-refractivity contribution in [1.82, 2.24) is 24.6 Å². The highest BCUT2D eigenvalue weighted by atomic mass is 32.1. The van der Waals surface area contributed by atoms with E-state index in [9.17, 15) is 15.2 Å². The van der Waals surface area contributed by atoms with Crippen molar-refractivity contribution in [3.63, 3.8) is 0 Å². The van der Waals surface area contributed by atoms with Gasteiger partial charge in [0.2, 0.25) is 5.95 Å². The summed E-state index contributed by atoms with van der Waals surface area (Å²) in [6.07, 6.45) is 0.312. The van der Waals surface area contributed by atoms with Crippen molar-refractivity contribution in [3.8, 4) is 17.3 Å². The molecule has 0 saturated carbocycles. The summed E-state index contributed by atoms with van der Waals surface area (Å²) in [5.74, 6) is -0.164. The van der Waals surface area contributed by atoms with Crippen LogP contribution in [0.25, 0.3) is 22.3 Å². The molecular weight excluding hydrogens is 571 g/mol. The number of halogens is 1. The molecule has 7 rings (SSSR count). The molecule has 3 aliphatic rings. The number of nitrogens with zero attached hydrogens (tertiary/aromatic N) is 8. The fourth-order valence-electron chi connectivity index (χ4n) is 6.39. The van der Waals surface area contributed by atoms with Crippen LogP contribution < -0.4 is 9.80 Å². The largest absolute Gasteiger partial charge is 0.378 e. The van der Waals surface area contributed by atoms with Gasteiger partial charge >= 0.3 is 0 Å². The molecule has 3 aliphatic heterocycles. The van der Waals surface area contributed by atoms with Crippen LogP contribution in [0, 0.1) is 29.6 Å². The Kier molecular flexibility index (Phi) is 6.42. The van der Waals surface area contributed by atoms with Crippen LogP contribution in [0.2, 0.25) is 0 Å². The Morgan fingerprint density at radius 2 is 1.98 bits per heavy atom. The first-order valence-corrected chi connectivity index (χ1v) is 15.1. The van der Waals surface area contributed by atoms with Gasteiger partial charge in [-0.3, -0.25) is 4.79 Å². The van der Waals surface area contributed by atoms with Crippen molar-refractivity contribution >= 4 is 44.9 Å². The molecule has 11 nitrogen and oxygen atoms in total. The number of fused-ring (bicyclic) bond motifs is 1. The topological polar surface area (TPSA) is 124 Å². The molecule has 0 aliphatic carbocycles. The number of aryl methyl sites for hydroxylation is 2. The van der Waals surface area contributed by atoms with Crippen LogP contribution in [0.5, 0.6) is 0 Å². The van der Waals surface area contributed by atoms with Gasteiger partial charge in [-0.2, -0.15) is 19.7 Å². The molecule has 1 amide bonds. The van der Waals surface area contributed by atoms with Crippen LogP contribution in [0.1, 0.15) is 23.8 Å². The molecule has 3 aromatic heterocycles. The molecule has 0 bridgehead atoms. The summed E-state index contributed by atoms with van der Waals surface area (Å²) in [6.45, 7) is 7.13. The third kappa shape index (κ3) is 4.43. The predicted octanol–water partition coefficient (Wildman–Crippen LogP) is 3.46. The van der Waals surface area contributed by atoms with Gasteiger partial charge < -0.3 is 24.5 Å². The fraction of sp³-hybridized carbons (Fsp3) is 0.433. The van der Waals surface area contributed by atoms with Crippen molar-refractivity contribution in [2.45, 2.75) is 32.4 Å². The van der Waals surface area contributed by atoms with E-state index in [0.29, 0.717) is 84.0 Å². The molecule has 43 heavy (non-hydrogen) atoms. The Morgan fingerprint density at radius 1 is 1.23 bits per heavy atom. The van der Waals surface area contributed by atoms with Gasteiger partial charge in [-0.25, -0.2) is 9.67 Å². The van der Waals surface area contributed by atoms with Crippen molar-refractivity contribution in [3.05, 3.63) is 46.7 Å². The average molecular weight is 603 g/mol. The summed E-state index contributed by atoms with van der Waals surface area (Å²) in [5.41, 5.74) is 1.74. The Morgan fingerprint density at radius 3 is 2.63 bits per heavy atom. The van der Waals surface area contributed by atoms with Gasteiger partial charge in [0.05, 0.1) is 24.3 Å². The zero-order chi connectivity index (χ0) is 30.1. The lowest BCUT2D eigenvalue weighted by Gasteiger charge is -2.61. The normalized spacial score (nSPS) is 20.7. The van der Waals surface area contributed by atoms with Crippen LogP contribution in [0.4, 0.5) is 21.0 Å². The lowest BCUT2D eigenvalue weighted by Crippen LogP contribution is -2.75. The number of hydrogen-bond acceptors (Lipinski definition) is 10. The number of benzene rings is 1. The number of hydrogen-bond donors (Lipinski definition) is 1. The van der Waals surface area contributed by atoms with Gasteiger partial charge in [-0.05, 0) is 19.9 Å². The first-order chi connectivity index (χ1) is 20.6. The van der Waals surface area contributed by atoms with E-state index in [2.05, 4.69) is 16.2 Å². The van der Waals surface area contributed by atoms with Crippen LogP contribution in [-0.2, 0) is 16.1 Å². The summed E-state index contributed by atoms with van der Waals surface area (Å²) in [6, 6.07) is 12.0. The highest BCUT2D eigenvalue weighted by Crippen LogP contribution is 2.45. The summed E-state index contributed by atoms with van der Waals surface area (Å²) < 4.78 is 22.3. The number of nitriles is 1. The maximum Gasteiger partial charge on any atom is 0.257 e. The van der Waals surface area contributed by atoms with Gasteiger partial charge in [0.15, 0.2) is 16.4 Å². The quantitative estimate of drug-likeness (QED) is 0.331. The molecule has 1 atom stereocenters. The van der Waals surface area contributed by atoms with Crippen LogP contribution in [0.3, 0.4) is 0 Å². The maximum atomic E-state index is 15.3. The van der Waals surface area contributed by atoms with Crippen molar-refractivity contribution in [1.29, 1.82) is 5.26 Å². The predicted molar refractivity (Wildman–Crippen MR) is 160 cm³/mol. The second-order valence-electron chi connectivity index (χ2n) is 11.9. The first-order valence-electron chi connectivity index (χ1n) is 14.3. The molecule has 0 unspecified atom stereocenters. The minimum atomic E-state index is -1.43. The number of pyridine rings is 1. The van der Waals surface area contributed by atoms with E-state index in [-0.39, 0.29) is 17.9 Å². The van der Waals surface area contributed by atoms with Crippen LogP contribution in [0.15, 0.2) is 30.3 Å². The monoisotopic (exact) mass is 602 g/mol. The summed E-state index contributed by atoms with van der Waals surface area (Å²) in [7, 11) is 1.87.